The predicted molar refractivity (Wildman–Crippen MR) is 83.7 cm³/mol. The quantitative estimate of drug-likeness (QED) is 0.677. The number of rotatable bonds is 4. The van der Waals surface area contributed by atoms with Crippen molar-refractivity contribution >= 4 is 11.4 Å². The Bertz CT molecular complexity index is 1010. The molecule has 3 heterocycles. The first-order valence-corrected chi connectivity index (χ1v) is 7.48. The zero-order valence-electron chi connectivity index (χ0n) is 13.5. The van der Waals surface area contributed by atoms with Crippen LogP contribution in [0.4, 0.5) is 13.2 Å². The van der Waals surface area contributed by atoms with E-state index in [2.05, 4.69) is 5.10 Å². The van der Waals surface area contributed by atoms with Crippen molar-refractivity contribution in [3.63, 3.8) is 0 Å². The van der Waals surface area contributed by atoms with Gasteiger partial charge in [-0.15, -0.1) is 5.10 Å². The molecule has 3 aromatic rings. The van der Waals surface area contributed by atoms with Crippen molar-refractivity contribution in [3.8, 4) is 0 Å². The van der Waals surface area contributed by atoms with Crippen LogP contribution in [0.1, 0.15) is 21.7 Å². The molecule has 0 unspecified atom stereocenters. The Morgan fingerprint density at radius 3 is 2.60 bits per heavy atom. The summed E-state index contributed by atoms with van der Waals surface area (Å²) in [4.78, 5) is 24.7. The number of aromatic nitrogens is 4. The van der Waals surface area contributed by atoms with Crippen LogP contribution in [0, 0.1) is 13.8 Å². The van der Waals surface area contributed by atoms with E-state index in [4.69, 9.17) is 0 Å². The lowest BCUT2D eigenvalue weighted by Crippen LogP contribution is -2.25. The number of hydrogen-bond acceptors (Lipinski definition) is 3. The summed E-state index contributed by atoms with van der Waals surface area (Å²) in [7, 11) is 0. The lowest BCUT2D eigenvalue weighted by molar-refractivity contribution is -0.141. The van der Waals surface area contributed by atoms with Crippen molar-refractivity contribution in [2.24, 2.45) is 0 Å². The second kappa shape index (κ2) is 5.91. The Morgan fingerprint density at radius 2 is 1.96 bits per heavy atom. The van der Waals surface area contributed by atoms with E-state index in [1.807, 2.05) is 0 Å². The number of carbonyl (C=O) groups is 1. The lowest BCUT2D eigenvalue weighted by Gasteiger charge is -2.12. The molecule has 0 aromatic carbocycles. The predicted octanol–water partition coefficient (Wildman–Crippen LogP) is 2.36. The smallest absolute Gasteiger partial charge is 0.339 e. The molecule has 0 fully saturated rings. The average molecular weight is 352 g/mol. The van der Waals surface area contributed by atoms with Crippen LogP contribution < -0.4 is 5.69 Å². The molecule has 3 rings (SSSR count). The van der Waals surface area contributed by atoms with Gasteiger partial charge in [-0.05, 0) is 32.0 Å². The summed E-state index contributed by atoms with van der Waals surface area (Å²) in [5.41, 5.74) is 0.624. The van der Waals surface area contributed by atoms with Crippen molar-refractivity contribution in [3.05, 3.63) is 57.9 Å². The van der Waals surface area contributed by atoms with E-state index < -0.39 is 24.2 Å². The number of aryl methyl sites for hydroxylation is 1. The third kappa shape index (κ3) is 3.21. The van der Waals surface area contributed by atoms with Crippen LogP contribution in [0.5, 0.6) is 0 Å². The molecule has 0 saturated heterocycles. The highest BCUT2D eigenvalue weighted by Crippen LogP contribution is 2.23. The maximum absolute atomic E-state index is 12.7. The fourth-order valence-corrected chi connectivity index (χ4v) is 2.80. The van der Waals surface area contributed by atoms with Crippen molar-refractivity contribution in [2.45, 2.75) is 33.1 Å². The maximum Gasteiger partial charge on any atom is 0.406 e. The molecule has 0 atom stereocenters. The molecule has 3 aromatic heterocycles. The Balaban J connectivity index is 1.92. The van der Waals surface area contributed by atoms with E-state index in [1.165, 1.54) is 30.5 Å². The van der Waals surface area contributed by atoms with E-state index in [1.54, 1.807) is 18.2 Å². The third-order valence-corrected chi connectivity index (χ3v) is 3.99. The molecule has 0 N–H and O–H groups in total. The number of fused-ring (bicyclic) bond motifs is 1. The minimum atomic E-state index is -4.38. The molecule has 25 heavy (non-hydrogen) atoms. The van der Waals surface area contributed by atoms with Gasteiger partial charge in [0, 0.05) is 23.1 Å². The molecule has 6 nitrogen and oxygen atoms in total. The molecule has 0 amide bonds. The molecule has 0 spiro atoms. The summed E-state index contributed by atoms with van der Waals surface area (Å²) in [5.74, 6) is -0.466. The van der Waals surface area contributed by atoms with Crippen LogP contribution in [0.25, 0.3) is 5.65 Å². The molecule has 0 aliphatic rings. The Morgan fingerprint density at radius 1 is 1.24 bits per heavy atom. The van der Waals surface area contributed by atoms with Crippen LogP contribution in [0.3, 0.4) is 0 Å². The van der Waals surface area contributed by atoms with Gasteiger partial charge in [0.15, 0.2) is 11.4 Å². The van der Waals surface area contributed by atoms with Crippen LogP contribution in [0.15, 0.2) is 35.3 Å². The molecule has 0 aliphatic heterocycles. The minimum Gasteiger partial charge on any atom is -0.339 e. The standard InChI is InChI=1S/C16H15F3N4O2/c1-10-7-12(11(2)22(10)9-16(17,18)19)13(24)8-23-15(25)21-6-4-3-5-14(21)20-23/h3-7H,8-9H2,1-2H3. The number of halogens is 3. The summed E-state index contributed by atoms with van der Waals surface area (Å²) in [6, 6.07) is 6.40. The number of Topliss-reactive ketones (excluding diaryl/α,β-unsaturated/α-hetero) is 1. The monoisotopic (exact) mass is 352 g/mol. The molecule has 132 valence electrons. The van der Waals surface area contributed by atoms with Gasteiger partial charge < -0.3 is 4.57 Å². The summed E-state index contributed by atoms with van der Waals surface area (Å²) in [6.45, 7) is 1.47. The van der Waals surface area contributed by atoms with Crippen LogP contribution in [-0.2, 0) is 13.1 Å². The van der Waals surface area contributed by atoms with Crippen LogP contribution in [0.2, 0.25) is 0 Å². The highest BCUT2D eigenvalue weighted by Gasteiger charge is 2.30. The van der Waals surface area contributed by atoms with Gasteiger partial charge in [-0.3, -0.25) is 9.20 Å². The topological polar surface area (TPSA) is 61.3 Å². The van der Waals surface area contributed by atoms with E-state index in [-0.39, 0.29) is 17.8 Å². The van der Waals surface area contributed by atoms with E-state index in [0.717, 1.165) is 9.25 Å². The highest BCUT2D eigenvalue weighted by molar-refractivity contribution is 5.97. The number of pyridine rings is 1. The number of carbonyl (C=O) groups excluding carboxylic acids is 1. The zero-order valence-corrected chi connectivity index (χ0v) is 13.5. The average Bonchev–Trinajstić information content (AvgIpc) is 2.98. The maximum atomic E-state index is 12.7. The van der Waals surface area contributed by atoms with Crippen LogP contribution in [-0.4, -0.2) is 30.7 Å². The Hall–Kier alpha value is -2.84. The van der Waals surface area contributed by atoms with Crippen molar-refractivity contribution in [2.75, 3.05) is 0 Å². The van der Waals surface area contributed by atoms with E-state index >= 15 is 0 Å². The van der Waals surface area contributed by atoms with Crippen molar-refractivity contribution in [1.29, 1.82) is 0 Å². The summed E-state index contributed by atoms with van der Waals surface area (Å²) >= 11 is 0. The molecular formula is C16H15F3N4O2. The second-order valence-corrected chi connectivity index (χ2v) is 5.78. The van der Waals surface area contributed by atoms with Gasteiger partial charge in [0.25, 0.3) is 0 Å². The van der Waals surface area contributed by atoms with Gasteiger partial charge in [0.2, 0.25) is 0 Å². The van der Waals surface area contributed by atoms with Gasteiger partial charge in [-0.2, -0.15) is 13.2 Å². The Labute approximate surface area is 140 Å². The van der Waals surface area contributed by atoms with Gasteiger partial charge in [-0.1, -0.05) is 6.07 Å². The van der Waals surface area contributed by atoms with Crippen molar-refractivity contribution in [1.82, 2.24) is 18.7 Å². The van der Waals surface area contributed by atoms with E-state index in [0.29, 0.717) is 11.3 Å². The lowest BCUT2D eigenvalue weighted by atomic mass is 10.1. The SMILES string of the molecule is Cc1cc(C(=O)Cn2nc3ccccn3c2=O)c(C)n1CC(F)(F)F. The Kier molecular flexibility index (Phi) is 4.02. The summed E-state index contributed by atoms with van der Waals surface area (Å²) in [6.07, 6.45) is -2.85. The molecule has 9 heteroatoms. The largest absolute Gasteiger partial charge is 0.406 e. The molecule has 0 radical (unpaired) electrons. The fourth-order valence-electron chi connectivity index (χ4n) is 2.80. The number of nitrogens with zero attached hydrogens (tertiary/aromatic N) is 4. The summed E-state index contributed by atoms with van der Waals surface area (Å²) in [5, 5.41) is 4.06. The van der Waals surface area contributed by atoms with Gasteiger partial charge in [0.05, 0.1) is 0 Å². The first-order chi connectivity index (χ1) is 11.7. The normalized spacial score (nSPS) is 12.0. The fraction of sp³-hybridized carbons (Fsp3) is 0.312. The molecular weight excluding hydrogens is 337 g/mol. The number of alkyl halides is 3. The zero-order chi connectivity index (χ0) is 18.4. The molecule has 0 aliphatic carbocycles. The number of hydrogen-bond donors (Lipinski definition) is 0. The molecule has 0 bridgehead atoms. The molecule has 0 saturated carbocycles. The second-order valence-electron chi connectivity index (χ2n) is 5.78. The minimum absolute atomic E-state index is 0.158. The third-order valence-electron chi connectivity index (χ3n) is 3.99. The van der Waals surface area contributed by atoms with Gasteiger partial charge in [0.1, 0.15) is 13.1 Å². The van der Waals surface area contributed by atoms with E-state index in [9.17, 15) is 22.8 Å². The van der Waals surface area contributed by atoms with Gasteiger partial charge in [-0.25, -0.2) is 9.48 Å². The highest BCUT2D eigenvalue weighted by atomic mass is 19.4. The summed E-state index contributed by atoms with van der Waals surface area (Å²) < 4.78 is 41.3. The van der Waals surface area contributed by atoms with Gasteiger partial charge >= 0.3 is 11.9 Å². The van der Waals surface area contributed by atoms with Crippen molar-refractivity contribution < 1.29 is 18.0 Å². The first kappa shape index (κ1) is 17.0. The van der Waals surface area contributed by atoms with Crippen LogP contribution >= 0.6 is 0 Å². The first-order valence-electron chi connectivity index (χ1n) is 7.48. The number of ketones is 1.